The lowest BCUT2D eigenvalue weighted by atomic mass is 10.2. The van der Waals surface area contributed by atoms with E-state index in [-0.39, 0.29) is 5.91 Å². The van der Waals surface area contributed by atoms with Crippen LogP contribution in [-0.4, -0.2) is 11.6 Å². The maximum Gasteiger partial charge on any atom is 0.283 e. The molecule has 6 heteroatoms. The van der Waals surface area contributed by atoms with E-state index in [1.54, 1.807) is 11.3 Å². The Morgan fingerprint density at radius 2 is 2.14 bits per heavy atom. The molecule has 22 heavy (non-hydrogen) atoms. The van der Waals surface area contributed by atoms with Gasteiger partial charge in [-0.05, 0) is 36.9 Å². The first-order valence-electron chi connectivity index (χ1n) is 6.63. The van der Waals surface area contributed by atoms with Gasteiger partial charge in [0.05, 0.1) is 10.7 Å². The highest BCUT2D eigenvalue weighted by Crippen LogP contribution is 2.35. The summed E-state index contributed by atoms with van der Waals surface area (Å²) in [6.45, 7) is 3.88. The molecule has 3 aromatic rings. The Morgan fingerprint density at radius 3 is 2.86 bits per heavy atom. The predicted octanol–water partition coefficient (Wildman–Crippen LogP) is 5.08. The number of carbonyl (C=O) groups is 1. The molecule has 0 atom stereocenters. The maximum atomic E-state index is 12.3. The number of amides is 1. The molecule has 1 amide bonds. The summed E-state index contributed by atoms with van der Waals surface area (Å²) in [5, 5.41) is 7.51. The summed E-state index contributed by atoms with van der Waals surface area (Å²) < 4.78 is 1.01. The Bertz CT molecular complexity index is 866. The number of fused-ring (bicyclic) bond motifs is 1. The minimum Gasteiger partial charge on any atom is -0.266 e. The van der Waals surface area contributed by atoms with E-state index in [1.807, 2.05) is 49.6 Å². The van der Waals surface area contributed by atoms with Crippen LogP contribution < -0.4 is 5.43 Å². The number of benzene rings is 1. The third-order valence-electron chi connectivity index (χ3n) is 3.19. The van der Waals surface area contributed by atoms with Crippen molar-refractivity contribution >= 4 is 56.0 Å². The zero-order valence-corrected chi connectivity index (χ0v) is 14.4. The van der Waals surface area contributed by atoms with Crippen molar-refractivity contribution in [3.05, 3.63) is 56.1 Å². The first-order valence-corrected chi connectivity index (χ1v) is 8.71. The molecule has 0 aliphatic carbocycles. The van der Waals surface area contributed by atoms with Gasteiger partial charge in [-0.3, -0.25) is 4.79 Å². The van der Waals surface area contributed by atoms with Crippen molar-refractivity contribution in [2.24, 2.45) is 5.10 Å². The van der Waals surface area contributed by atoms with E-state index in [2.05, 4.69) is 10.5 Å². The molecule has 1 N–H and O–H groups in total. The molecule has 0 saturated heterocycles. The van der Waals surface area contributed by atoms with Gasteiger partial charge < -0.3 is 0 Å². The Kier molecular flexibility index (Phi) is 4.29. The summed E-state index contributed by atoms with van der Waals surface area (Å²) in [5.74, 6) is -0.278. The third kappa shape index (κ3) is 2.92. The zero-order valence-electron chi connectivity index (χ0n) is 12.0. The van der Waals surface area contributed by atoms with Crippen LogP contribution in [-0.2, 0) is 0 Å². The van der Waals surface area contributed by atoms with E-state index in [0.717, 1.165) is 26.2 Å². The summed E-state index contributed by atoms with van der Waals surface area (Å²) in [6, 6.07) is 9.88. The molecule has 0 bridgehead atoms. The zero-order chi connectivity index (χ0) is 15.7. The average molecular weight is 349 g/mol. The van der Waals surface area contributed by atoms with Gasteiger partial charge in [-0.1, -0.05) is 29.8 Å². The molecule has 2 aromatic heterocycles. The van der Waals surface area contributed by atoms with Crippen LogP contribution in [0.4, 0.5) is 0 Å². The predicted molar refractivity (Wildman–Crippen MR) is 95.6 cm³/mol. The molecule has 3 nitrogen and oxygen atoms in total. The lowest BCUT2D eigenvalue weighted by Crippen LogP contribution is -2.18. The molecule has 0 unspecified atom stereocenters. The molecule has 1 aromatic carbocycles. The second-order valence-electron chi connectivity index (χ2n) is 4.86. The van der Waals surface area contributed by atoms with Crippen LogP contribution >= 0.6 is 34.3 Å². The quantitative estimate of drug-likeness (QED) is 0.520. The second kappa shape index (κ2) is 6.20. The van der Waals surface area contributed by atoms with Crippen LogP contribution in [0.5, 0.6) is 0 Å². The largest absolute Gasteiger partial charge is 0.283 e. The van der Waals surface area contributed by atoms with E-state index in [0.29, 0.717) is 9.90 Å². The van der Waals surface area contributed by atoms with Gasteiger partial charge in [0.1, 0.15) is 4.88 Å². The highest BCUT2D eigenvalue weighted by atomic mass is 35.5. The molecule has 112 valence electrons. The van der Waals surface area contributed by atoms with Gasteiger partial charge in [0, 0.05) is 15.0 Å². The lowest BCUT2D eigenvalue weighted by molar-refractivity contribution is 0.0959. The third-order valence-corrected chi connectivity index (χ3v) is 5.83. The van der Waals surface area contributed by atoms with Crippen molar-refractivity contribution in [3.8, 4) is 0 Å². The van der Waals surface area contributed by atoms with Crippen molar-refractivity contribution in [2.45, 2.75) is 13.8 Å². The number of carbonyl (C=O) groups excluding carboxylic acids is 1. The van der Waals surface area contributed by atoms with Gasteiger partial charge >= 0.3 is 0 Å². The fourth-order valence-electron chi connectivity index (χ4n) is 2.04. The van der Waals surface area contributed by atoms with E-state index < -0.39 is 0 Å². The number of thiophene rings is 2. The first kappa shape index (κ1) is 15.2. The molecule has 0 aliphatic rings. The van der Waals surface area contributed by atoms with Crippen LogP contribution in [0.3, 0.4) is 0 Å². The molecule has 0 fully saturated rings. The summed E-state index contributed by atoms with van der Waals surface area (Å²) in [5.41, 5.74) is 4.50. The Labute approximate surface area is 141 Å². The Balaban J connectivity index is 1.86. The van der Waals surface area contributed by atoms with Gasteiger partial charge in [-0.25, -0.2) is 5.43 Å². The van der Waals surface area contributed by atoms with E-state index in [9.17, 15) is 4.79 Å². The number of nitrogens with zero attached hydrogens (tertiary/aromatic N) is 1. The van der Waals surface area contributed by atoms with Gasteiger partial charge in [0.25, 0.3) is 5.91 Å². The number of hydrogen-bond donors (Lipinski definition) is 1. The minimum atomic E-state index is -0.278. The molecule has 0 saturated carbocycles. The van der Waals surface area contributed by atoms with Gasteiger partial charge in [0.15, 0.2) is 0 Å². The summed E-state index contributed by atoms with van der Waals surface area (Å²) in [7, 11) is 0. The fraction of sp³-hybridized carbons (Fsp3) is 0.125. The molecule has 2 heterocycles. The van der Waals surface area contributed by atoms with Crippen LogP contribution in [0.15, 0.2) is 40.8 Å². The van der Waals surface area contributed by atoms with Crippen LogP contribution in [0.2, 0.25) is 5.02 Å². The first-order chi connectivity index (χ1) is 10.6. The fourth-order valence-corrected chi connectivity index (χ4v) is 4.23. The number of rotatable bonds is 3. The van der Waals surface area contributed by atoms with Crippen LogP contribution in [0.1, 0.15) is 27.0 Å². The monoisotopic (exact) mass is 348 g/mol. The number of halogens is 1. The smallest absolute Gasteiger partial charge is 0.266 e. The lowest BCUT2D eigenvalue weighted by Gasteiger charge is -1.99. The highest BCUT2D eigenvalue weighted by Gasteiger charge is 2.17. The molecular formula is C16H13ClN2OS2. The minimum absolute atomic E-state index is 0.278. The maximum absolute atomic E-state index is 12.3. The summed E-state index contributed by atoms with van der Waals surface area (Å²) >= 11 is 9.29. The molecule has 0 radical (unpaired) electrons. The topological polar surface area (TPSA) is 41.5 Å². The number of nitrogens with one attached hydrogen (secondary N) is 1. The normalized spacial score (nSPS) is 11.9. The van der Waals surface area contributed by atoms with Crippen LogP contribution in [0, 0.1) is 6.92 Å². The molecule has 0 aliphatic heterocycles. The van der Waals surface area contributed by atoms with Crippen molar-refractivity contribution in [1.82, 2.24) is 5.43 Å². The average Bonchev–Trinajstić information content (AvgIpc) is 3.13. The standard InChI is InChI=1S/C16H13ClN2OS2/c1-9-5-6-11-13(8-9)22-15(14(11)17)16(20)19-18-10(2)12-4-3-7-21-12/h3-8H,1-2H3,(H,19,20). The molecule has 0 spiro atoms. The number of hydrazone groups is 1. The summed E-state index contributed by atoms with van der Waals surface area (Å²) in [4.78, 5) is 13.8. The van der Waals surface area contributed by atoms with E-state index in [1.165, 1.54) is 11.3 Å². The summed E-state index contributed by atoms with van der Waals surface area (Å²) in [6.07, 6.45) is 0. The van der Waals surface area contributed by atoms with Crippen molar-refractivity contribution in [1.29, 1.82) is 0 Å². The number of aryl methyl sites for hydroxylation is 1. The second-order valence-corrected chi connectivity index (χ2v) is 7.24. The molecule has 3 rings (SSSR count). The molecular weight excluding hydrogens is 336 g/mol. The van der Waals surface area contributed by atoms with Gasteiger partial charge in [-0.15, -0.1) is 22.7 Å². The van der Waals surface area contributed by atoms with Crippen molar-refractivity contribution in [2.75, 3.05) is 0 Å². The Hall–Kier alpha value is -1.69. The highest BCUT2D eigenvalue weighted by molar-refractivity contribution is 7.21. The van der Waals surface area contributed by atoms with Crippen LogP contribution in [0.25, 0.3) is 10.1 Å². The van der Waals surface area contributed by atoms with Gasteiger partial charge in [0.2, 0.25) is 0 Å². The van der Waals surface area contributed by atoms with Crippen molar-refractivity contribution < 1.29 is 4.79 Å². The van der Waals surface area contributed by atoms with E-state index in [4.69, 9.17) is 11.6 Å². The van der Waals surface area contributed by atoms with Crippen molar-refractivity contribution in [3.63, 3.8) is 0 Å². The van der Waals surface area contributed by atoms with E-state index >= 15 is 0 Å². The Morgan fingerprint density at radius 1 is 1.32 bits per heavy atom. The SMILES string of the molecule is CC(=NNC(=O)c1sc2cc(C)ccc2c1Cl)c1cccs1. The number of hydrogen-bond acceptors (Lipinski definition) is 4. The van der Waals surface area contributed by atoms with Gasteiger partial charge in [-0.2, -0.15) is 5.10 Å².